The van der Waals surface area contributed by atoms with Gasteiger partial charge in [0.2, 0.25) is 22.7 Å². The molecule has 0 aliphatic carbocycles. The van der Waals surface area contributed by atoms with Crippen LogP contribution in [0.5, 0.6) is 11.5 Å². The number of rotatable bonds is 8. The van der Waals surface area contributed by atoms with Crippen molar-refractivity contribution in [2.24, 2.45) is 0 Å². The fourth-order valence-electron chi connectivity index (χ4n) is 10.2. The number of nitrogens with zero attached hydrogens (tertiary/aromatic N) is 6. The monoisotopic (exact) mass is 1750 g/mol. The molecular formula is C74H43Br4Cl4CuN11O7P. The molecule has 0 aliphatic heterocycles. The molecule has 18 nitrogen and oxygen atoms in total. The SMILES string of the molecule is O=P(Br)(Br)Br.[C-]#N.[C-]#[N+]c1cc2c(Br)c(-c3ccccc3)c(=O)[nH]c2cc1Cl.[C-]#[N+]c1cc2c(C#N)c(-c3ccccc3)c(=O)[nH]c2cc1Cl.[C-]#[N+]c1cc2c(NCc3ccc(OC)cc3)c(-c3ccccc3)c(=O)[nH]c2cc1Cl.[C-]#[N+]c1cc2c(O)c(-c3ccccc3)c(=O)[nH]c2cc1Cl.[Cu+]. The van der Waals surface area contributed by atoms with Gasteiger partial charge in [0.25, 0.3) is 25.5 Å². The topological polar surface area (TPSA) is 255 Å². The molecule has 0 saturated heterocycles. The first-order chi connectivity index (χ1) is 48.5. The molecule has 0 bridgehead atoms. The van der Waals surface area contributed by atoms with Crippen molar-refractivity contribution < 1.29 is 31.5 Å². The normalized spacial score (nSPS) is 10.2. The van der Waals surface area contributed by atoms with E-state index in [9.17, 15) is 34.1 Å². The average molecular weight is 1750 g/mol. The summed E-state index contributed by atoms with van der Waals surface area (Å²) in [4.78, 5) is 74.6. The Balaban J connectivity index is 0.000000186. The quantitative estimate of drug-likeness (QED) is 0.0476. The maximum atomic E-state index is 13.0. The van der Waals surface area contributed by atoms with Crippen molar-refractivity contribution in [2.45, 2.75) is 6.54 Å². The third-order valence-corrected chi connectivity index (χ3v) is 16.7. The number of H-pyrrole nitrogens is 4. The summed E-state index contributed by atoms with van der Waals surface area (Å²) in [6.07, 6.45) is 0. The van der Waals surface area contributed by atoms with Gasteiger partial charge >= 0.3 is 17.1 Å². The zero-order valence-electron chi connectivity index (χ0n) is 52.0. The Morgan fingerprint density at radius 3 is 1.21 bits per heavy atom. The number of halogens is 8. The first-order valence-corrected chi connectivity index (χ1v) is 38.9. The number of pyridine rings is 4. The Labute approximate surface area is 644 Å². The van der Waals surface area contributed by atoms with Crippen molar-refractivity contribution in [1.82, 2.24) is 19.9 Å². The Bertz CT molecular complexity index is 5720. The molecule has 0 unspecified atom stereocenters. The fraction of sp³-hybridized carbons (Fsp3) is 0.0270. The van der Waals surface area contributed by atoms with Crippen molar-refractivity contribution in [3.8, 4) is 62.1 Å². The van der Waals surface area contributed by atoms with Gasteiger partial charge in [-0.1, -0.05) is 180 Å². The van der Waals surface area contributed by atoms with Gasteiger partial charge in [0, 0.05) is 116 Å². The predicted octanol–water partition coefficient (Wildman–Crippen LogP) is 22.9. The molecule has 102 heavy (non-hydrogen) atoms. The summed E-state index contributed by atoms with van der Waals surface area (Å²) in [6, 6.07) is 59.1. The first-order valence-electron chi connectivity index (χ1n) is 28.8. The summed E-state index contributed by atoms with van der Waals surface area (Å²) in [7, 11) is 1.63. The Morgan fingerprint density at radius 2 is 0.804 bits per heavy atom. The van der Waals surface area contributed by atoms with Gasteiger partial charge in [-0.2, -0.15) is 5.26 Å². The van der Waals surface area contributed by atoms with Crippen LogP contribution in [0.2, 0.25) is 20.1 Å². The summed E-state index contributed by atoms with van der Waals surface area (Å²) < 4.78 is 13.6. The van der Waals surface area contributed by atoms with E-state index in [1.54, 1.807) is 79.9 Å². The maximum absolute atomic E-state index is 13.0. The molecular weight excluding hydrogens is 1710 g/mol. The van der Waals surface area contributed by atoms with Gasteiger partial charge in [0.15, 0.2) is 0 Å². The summed E-state index contributed by atoms with van der Waals surface area (Å²) in [5, 5.41) is 33.1. The van der Waals surface area contributed by atoms with Crippen molar-refractivity contribution in [3.63, 3.8) is 0 Å². The van der Waals surface area contributed by atoms with Gasteiger partial charge in [0.05, 0.1) is 72.4 Å². The number of anilines is 1. The number of hydrogen-bond acceptors (Lipinski definition) is 10. The van der Waals surface area contributed by atoms with Crippen LogP contribution in [0.1, 0.15) is 11.1 Å². The molecule has 0 fully saturated rings. The molecule has 4 aromatic heterocycles. The summed E-state index contributed by atoms with van der Waals surface area (Å²) in [5.41, 5.74) is 8.35. The minimum absolute atomic E-state index is 0. The molecule has 9 aromatic carbocycles. The molecule has 13 aromatic rings. The van der Waals surface area contributed by atoms with Crippen LogP contribution in [-0.4, -0.2) is 32.2 Å². The molecule has 4 heterocycles. The van der Waals surface area contributed by atoms with Crippen molar-refractivity contribution >= 4 is 184 Å². The molecule has 28 heteroatoms. The second kappa shape index (κ2) is 36.5. The van der Waals surface area contributed by atoms with Crippen LogP contribution in [0.15, 0.2) is 218 Å². The van der Waals surface area contributed by atoms with Crippen molar-refractivity contribution in [2.75, 3.05) is 12.4 Å². The van der Waals surface area contributed by atoms with E-state index in [0.717, 1.165) is 33.2 Å². The molecule has 6 N–H and O–H groups in total. The Morgan fingerprint density at radius 1 is 0.490 bits per heavy atom. The van der Waals surface area contributed by atoms with Gasteiger partial charge in [-0.05, 0) is 104 Å². The van der Waals surface area contributed by atoms with Crippen molar-refractivity contribution in [3.05, 3.63) is 323 Å². The predicted molar refractivity (Wildman–Crippen MR) is 419 cm³/mol. The standard InChI is InChI=1S/C24H18ClN3O2.C17H8ClN3O.C16H8BrClN2O.C16H9ClN2O2.CN.Br3OP.Cu/c1-26-21-12-18-20(13-19(21)25)28-24(29)22(16-6-4-3-5-7-16)23(18)27-14-15-8-10-17(30-2)11-9-15;1-20-15-7-11-12(9-19)16(10-5-3-2-4-6-10)17(22)21-14(11)8-13(15)18;1-19-13-7-10-12(8-11(13)18)20-16(21)14(15(10)17)9-5-3-2-4-6-9;1-18-13-7-10-12(8-11(13)17)19-16(21)14(15(10)20)9-5-3-2-4-6-9;1-2;1-5(2,3)4;/h3-13H,14H2,2H3,(H2,27,28,29);2-8H,(H,21,22);2-8H,(H,20,21);2-8H,(H2,19,20,21);;;/q;;;;-1;;+1. The van der Waals surface area contributed by atoms with E-state index in [-0.39, 0.29) is 72.0 Å². The second-order valence-corrected chi connectivity index (χ2v) is 41.5. The minimum atomic E-state index is -2.20. The number of ether oxygens (including phenoxy) is 1. The number of nitrogens with one attached hydrogen (secondary N) is 5. The number of hydrogen-bond donors (Lipinski definition) is 6. The van der Waals surface area contributed by atoms with E-state index in [2.05, 4.69) is 113 Å². The van der Waals surface area contributed by atoms with E-state index in [4.69, 9.17) is 89.3 Å². The van der Waals surface area contributed by atoms with Crippen LogP contribution in [0, 0.1) is 49.5 Å². The van der Waals surface area contributed by atoms with Crippen LogP contribution in [-0.2, 0) is 28.2 Å². The zero-order chi connectivity index (χ0) is 73.2. The maximum Gasteiger partial charge on any atom is 1.00 e. The summed E-state index contributed by atoms with van der Waals surface area (Å²) in [6.45, 7) is 34.0. The number of aromatic nitrogens is 4. The molecule has 0 spiro atoms. The number of aromatic hydroxyl groups is 1. The third kappa shape index (κ3) is 19.1. The van der Waals surface area contributed by atoms with E-state index in [0.29, 0.717) is 98.8 Å². The number of aromatic amines is 4. The molecule has 0 radical (unpaired) electrons. The number of methoxy groups -OCH3 is 1. The van der Waals surface area contributed by atoms with Crippen LogP contribution < -0.4 is 32.3 Å². The van der Waals surface area contributed by atoms with Crippen LogP contribution in [0.25, 0.3) is 107 Å². The number of benzene rings is 9. The molecule has 0 saturated carbocycles. The molecule has 0 amide bonds. The second-order valence-electron chi connectivity index (χ2n) is 20.7. The van der Waals surface area contributed by atoms with Gasteiger partial charge in [-0.3, -0.25) is 23.7 Å². The van der Waals surface area contributed by atoms with Crippen LogP contribution in [0.4, 0.5) is 28.4 Å². The third-order valence-electron chi connectivity index (χ3n) is 14.7. The smallest absolute Gasteiger partial charge is 0.512 e. The van der Waals surface area contributed by atoms with Gasteiger partial charge < -0.3 is 46.9 Å². The Hall–Kier alpha value is -10.0. The first kappa shape index (κ1) is 79.3. The largest absolute Gasteiger partial charge is 1.00 e. The molecule has 13 rings (SSSR count). The van der Waals surface area contributed by atoms with Crippen LogP contribution >= 0.6 is 112 Å². The van der Waals surface area contributed by atoms with Crippen molar-refractivity contribution in [1.29, 1.82) is 10.5 Å². The number of nitriles is 1. The van der Waals surface area contributed by atoms with E-state index < -0.39 is 8.81 Å². The van der Waals surface area contributed by atoms with Gasteiger partial charge in [0.1, 0.15) is 17.6 Å². The van der Waals surface area contributed by atoms with Gasteiger partial charge in [-0.15, -0.1) is 0 Å². The van der Waals surface area contributed by atoms with E-state index in [1.165, 1.54) is 24.3 Å². The summed E-state index contributed by atoms with van der Waals surface area (Å²) in [5.74, 6) is 0.628. The minimum Gasteiger partial charge on any atom is -0.512 e. The molecule has 0 aliphatic rings. The Kier molecular flexibility index (Phi) is 28.4. The van der Waals surface area contributed by atoms with E-state index >= 15 is 0 Å². The molecule has 508 valence electrons. The van der Waals surface area contributed by atoms with E-state index in [1.807, 2.05) is 97.1 Å². The number of fused-ring (bicyclic) bond motifs is 4. The molecule has 0 atom stereocenters. The zero-order valence-corrected chi connectivity index (χ0v) is 63.2. The van der Waals surface area contributed by atoms with Gasteiger partial charge in [-0.25, -0.2) is 19.4 Å². The van der Waals surface area contributed by atoms with Crippen LogP contribution in [0.3, 0.4) is 0 Å². The fourth-order valence-corrected chi connectivity index (χ4v) is 11.8. The summed E-state index contributed by atoms with van der Waals surface area (Å²) >= 11 is 35.9. The average Bonchev–Trinajstić information content (AvgIpc) is 0.788.